The zero-order chi connectivity index (χ0) is 14.8. The molecule has 2 nitrogen and oxygen atoms in total. The second kappa shape index (κ2) is 6.13. The van der Waals surface area contributed by atoms with E-state index in [2.05, 4.69) is 13.8 Å². The summed E-state index contributed by atoms with van der Waals surface area (Å²) in [7, 11) is 1.46. The molecule has 0 amide bonds. The number of aliphatic hydroxyl groups excluding tert-OH is 1. The van der Waals surface area contributed by atoms with Crippen molar-refractivity contribution in [2.24, 2.45) is 11.3 Å². The molecule has 0 bridgehead atoms. The van der Waals surface area contributed by atoms with Gasteiger partial charge in [0, 0.05) is 0 Å². The number of rotatable bonds is 4. The molecular weight excluding hydrogens is 255 g/mol. The molecule has 1 saturated carbocycles. The predicted octanol–water partition coefficient (Wildman–Crippen LogP) is 3.95. The summed E-state index contributed by atoms with van der Waals surface area (Å²) in [5.41, 5.74) is 1.24. The molecule has 1 atom stereocenters. The number of hydrogen-bond donors (Lipinski definition) is 1. The molecule has 0 aromatic heterocycles. The lowest BCUT2D eigenvalue weighted by Gasteiger charge is -2.36. The Morgan fingerprint density at radius 3 is 2.55 bits per heavy atom. The number of aliphatic hydroxyl groups is 1. The maximum absolute atomic E-state index is 13.6. The minimum atomic E-state index is -0.376. The van der Waals surface area contributed by atoms with Crippen molar-refractivity contribution in [3.8, 4) is 5.75 Å². The summed E-state index contributed by atoms with van der Waals surface area (Å²) in [5, 5.41) is 10.4. The van der Waals surface area contributed by atoms with Crippen LogP contribution in [0, 0.1) is 17.2 Å². The minimum Gasteiger partial charge on any atom is -0.494 e. The second-order valence-electron chi connectivity index (χ2n) is 6.74. The van der Waals surface area contributed by atoms with Gasteiger partial charge in [-0.25, -0.2) is 4.39 Å². The maximum atomic E-state index is 13.6. The highest BCUT2D eigenvalue weighted by Gasteiger charge is 2.30. The molecule has 1 unspecified atom stereocenters. The van der Waals surface area contributed by atoms with Crippen molar-refractivity contribution in [2.45, 2.75) is 52.1 Å². The van der Waals surface area contributed by atoms with Gasteiger partial charge in [0.25, 0.3) is 0 Å². The molecule has 0 heterocycles. The fourth-order valence-corrected chi connectivity index (χ4v) is 3.05. The molecule has 0 radical (unpaired) electrons. The Balaban J connectivity index is 1.94. The van der Waals surface area contributed by atoms with E-state index in [4.69, 9.17) is 4.74 Å². The quantitative estimate of drug-likeness (QED) is 0.904. The van der Waals surface area contributed by atoms with Crippen molar-refractivity contribution in [3.63, 3.8) is 0 Å². The van der Waals surface area contributed by atoms with Crippen LogP contribution in [-0.4, -0.2) is 18.3 Å². The van der Waals surface area contributed by atoms with Crippen LogP contribution in [0.3, 0.4) is 0 Å². The molecular formula is C17H25FO2. The average Bonchev–Trinajstić information content (AvgIpc) is 2.38. The van der Waals surface area contributed by atoms with Crippen molar-refractivity contribution in [1.29, 1.82) is 0 Å². The van der Waals surface area contributed by atoms with Crippen LogP contribution < -0.4 is 4.74 Å². The summed E-state index contributed by atoms with van der Waals surface area (Å²) in [6.07, 6.45) is 4.59. The molecule has 1 fully saturated rings. The topological polar surface area (TPSA) is 29.5 Å². The molecule has 1 aliphatic carbocycles. The molecule has 1 aliphatic rings. The van der Waals surface area contributed by atoms with Crippen LogP contribution in [0.2, 0.25) is 0 Å². The van der Waals surface area contributed by atoms with Gasteiger partial charge in [0.1, 0.15) is 0 Å². The fraction of sp³-hybridized carbons (Fsp3) is 0.647. The van der Waals surface area contributed by atoms with Crippen LogP contribution in [0.4, 0.5) is 4.39 Å². The van der Waals surface area contributed by atoms with Crippen LogP contribution in [-0.2, 0) is 6.42 Å². The van der Waals surface area contributed by atoms with Crippen molar-refractivity contribution in [2.75, 3.05) is 7.11 Å². The van der Waals surface area contributed by atoms with E-state index in [-0.39, 0.29) is 17.7 Å². The molecule has 0 saturated heterocycles. The van der Waals surface area contributed by atoms with E-state index in [9.17, 15) is 9.50 Å². The first-order chi connectivity index (χ1) is 9.41. The van der Waals surface area contributed by atoms with Crippen LogP contribution in [0.15, 0.2) is 18.2 Å². The maximum Gasteiger partial charge on any atom is 0.165 e. The van der Waals surface area contributed by atoms with Gasteiger partial charge in [0.15, 0.2) is 11.6 Å². The zero-order valence-electron chi connectivity index (χ0n) is 12.7. The third-order valence-corrected chi connectivity index (χ3v) is 4.59. The van der Waals surface area contributed by atoms with E-state index in [1.54, 1.807) is 6.07 Å². The predicted molar refractivity (Wildman–Crippen MR) is 78.4 cm³/mol. The highest BCUT2D eigenvalue weighted by Crippen LogP contribution is 2.39. The van der Waals surface area contributed by atoms with Gasteiger partial charge in [0.05, 0.1) is 13.2 Å². The molecule has 1 aromatic carbocycles. The number of halogens is 1. The van der Waals surface area contributed by atoms with Crippen LogP contribution in [0.1, 0.15) is 45.1 Å². The third-order valence-electron chi connectivity index (χ3n) is 4.59. The summed E-state index contributed by atoms with van der Waals surface area (Å²) in [6.45, 7) is 4.57. The Hall–Kier alpha value is -1.09. The summed E-state index contributed by atoms with van der Waals surface area (Å²) >= 11 is 0. The molecule has 0 spiro atoms. The van der Waals surface area contributed by atoms with Gasteiger partial charge >= 0.3 is 0 Å². The van der Waals surface area contributed by atoms with Crippen molar-refractivity contribution >= 4 is 0 Å². The van der Waals surface area contributed by atoms with Crippen LogP contribution in [0.25, 0.3) is 0 Å². The third kappa shape index (κ3) is 3.72. The molecule has 3 heteroatoms. The smallest absolute Gasteiger partial charge is 0.165 e. The molecule has 0 aliphatic heterocycles. The lowest BCUT2D eigenvalue weighted by molar-refractivity contribution is 0.0576. The van der Waals surface area contributed by atoms with Gasteiger partial charge in [0.2, 0.25) is 0 Å². The average molecular weight is 280 g/mol. The Morgan fingerprint density at radius 1 is 1.35 bits per heavy atom. The summed E-state index contributed by atoms with van der Waals surface area (Å²) < 4.78 is 18.5. The summed E-state index contributed by atoms with van der Waals surface area (Å²) in [4.78, 5) is 0. The lowest BCUT2D eigenvalue weighted by Crippen LogP contribution is -2.30. The number of hydrogen-bond acceptors (Lipinski definition) is 2. The monoisotopic (exact) mass is 280 g/mol. The van der Waals surface area contributed by atoms with E-state index in [0.717, 1.165) is 31.2 Å². The highest BCUT2D eigenvalue weighted by atomic mass is 19.1. The van der Waals surface area contributed by atoms with Crippen LogP contribution >= 0.6 is 0 Å². The van der Waals surface area contributed by atoms with E-state index in [1.807, 2.05) is 6.07 Å². The number of ether oxygens (including phenoxy) is 1. The van der Waals surface area contributed by atoms with E-state index < -0.39 is 0 Å². The molecule has 1 aromatic rings. The fourth-order valence-electron chi connectivity index (χ4n) is 3.05. The Labute approximate surface area is 121 Å². The zero-order valence-corrected chi connectivity index (χ0v) is 12.7. The van der Waals surface area contributed by atoms with Gasteiger partial charge in [-0.1, -0.05) is 19.9 Å². The van der Waals surface area contributed by atoms with Gasteiger partial charge in [-0.05, 0) is 61.1 Å². The Morgan fingerprint density at radius 2 is 2.00 bits per heavy atom. The van der Waals surface area contributed by atoms with Crippen molar-refractivity contribution < 1.29 is 14.2 Å². The first-order valence-electron chi connectivity index (χ1n) is 7.42. The van der Waals surface area contributed by atoms with Crippen molar-refractivity contribution in [1.82, 2.24) is 0 Å². The second-order valence-corrected chi connectivity index (χ2v) is 6.74. The van der Waals surface area contributed by atoms with E-state index >= 15 is 0 Å². The highest BCUT2D eigenvalue weighted by molar-refractivity contribution is 5.29. The Kier molecular flexibility index (Phi) is 4.69. The van der Waals surface area contributed by atoms with Crippen LogP contribution in [0.5, 0.6) is 5.75 Å². The minimum absolute atomic E-state index is 0.252. The Bertz CT molecular complexity index is 446. The van der Waals surface area contributed by atoms with Crippen molar-refractivity contribution in [3.05, 3.63) is 29.6 Å². The number of methoxy groups -OCH3 is 1. The SMILES string of the molecule is COc1ccc(CC(O)C2CCC(C)(C)CC2)cc1F. The number of benzene rings is 1. The normalized spacial score (nSPS) is 20.6. The molecule has 20 heavy (non-hydrogen) atoms. The van der Waals surface area contributed by atoms with Gasteiger partial charge in [-0.15, -0.1) is 0 Å². The first-order valence-corrected chi connectivity index (χ1v) is 7.42. The van der Waals surface area contributed by atoms with Gasteiger partial charge < -0.3 is 9.84 Å². The van der Waals surface area contributed by atoms with Gasteiger partial charge in [-0.2, -0.15) is 0 Å². The first kappa shape index (κ1) is 15.3. The molecule has 1 N–H and O–H groups in total. The largest absolute Gasteiger partial charge is 0.494 e. The standard InChI is InChI=1S/C17H25FO2/c1-17(2)8-6-13(7-9-17)15(19)11-12-4-5-16(20-3)14(18)10-12/h4-5,10,13,15,19H,6-9,11H2,1-3H3. The summed E-state index contributed by atoms with van der Waals surface area (Å²) in [6, 6.07) is 4.92. The molecule has 2 rings (SSSR count). The lowest BCUT2D eigenvalue weighted by atomic mass is 9.71. The molecule has 112 valence electrons. The van der Waals surface area contributed by atoms with E-state index in [1.165, 1.54) is 13.2 Å². The van der Waals surface area contributed by atoms with Gasteiger partial charge in [-0.3, -0.25) is 0 Å². The van der Waals surface area contributed by atoms with E-state index in [0.29, 0.717) is 17.8 Å². The summed E-state index contributed by atoms with van der Waals surface area (Å²) in [5.74, 6) is 0.234.